The summed E-state index contributed by atoms with van der Waals surface area (Å²) in [7, 11) is -2.51. The molecule has 0 radical (unpaired) electrons. The van der Waals surface area contributed by atoms with Crippen LogP contribution in [0.15, 0.2) is 0 Å². The van der Waals surface area contributed by atoms with Gasteiger partial charge in [0.25, 0.3) is 0 Å². The second-order valence-corrected chi connectivity index (χ2v) is 0.556. The summed E-state index contributed by atoms with van der Waals surface area (Å²) in [6.45, 7) is 0. The van der Waals surface area contributed by atoms with Crippen molar-refractivity contribution in [3.63, 3.8) is 0 Å². The Bertz CT molecular complexity index is 36.0. The van der Waals surface area contributed by atoms with E-state index in [1.165, 1.54) is 0 Å². The van der Waals surface area contributed by atoms with Crippen molar-refractivity contribution in [3.05, 3.63) is 0 Å². The Balaban J connectivity index is 0. The SMILES string of the molecule is FOB(OF)OF.[NaH]. The van der Waals surface area contributed by atoms with Gasteiger partial charge in [0.15, 0.2) is 0 Å². The van der Waals surface area contributed by atoms with E-state index in [0.717, 1.165) is 0 Å². The number of rotatable bonds is 3. The minimum atomic E-state index is -2.51. The van der Waals surface area contributed by atoms with Gasteiger partial charge in [0.2, 0.25) is 0 Å². The molecule has 0 saturated carbocycles. The number of hydrogen-bond acceptors (Lipinski definition) is 3. The van der Waals surface area contributed by atoms with Crippen molar-refractivity contribution in [2.24, 2.45) is 0 Å². The summed E-state index contributed by atoms with van der Waals surface area (Å²) in [6, 6.07) is 0. The predicted octanol–water partition coefficient (Wildman–Crippen LogP) is 0.0261. The first kappa shape index (κ1) is 11.5. The molecule has 0 aromatic rings. The summed E-state index contributed by atoms with van der Waals surface area (Å²) < 4.78 is 31.3. The van der Waals surface area contributed by atoms with E-state index in [-0.39, 0.29) is 29.6 Å². The molecule has 0 bridgehead atoms. The molecule has 0 spiro atoms. The summed E-state index contributed by atoms with van der Waals surface area (Å²) in [5.74, 6) is 0. The molecule has 0 aromatic heterocycles. The van der Waals surface area contributed by atoms with Gasteiger partial charge in [0.1, 0.15) is 0 Å². The van der Waals surface area contributed by atoms with Crippen LogP contribution in [0.3, 0.4) is 0 Å². The molecule has 0 heterocycles. The van der Waals surface area contributed by atoms with Gasteiger partial charge in [-0.3, -0.25) is 0 Å². The van der Waals surface area contributed by atoms with Crippen LogP contribution < -0.4 is 0 Å². The fourth-order valence-corrected chi connectivity index (χ4v) is 0.0412. The molecule has 0 amide bonds. The molecule has 0 atom stereocenters. The molecular weight excluding hydrogens is 139 g/mol. The van der Waals surface area contributed by atoms with Crippen molar-refractivity contribution in [1.29, 1.82) is 0 Å². The average molecular weight is 140 g/mol. The molecule has 0 aromatic carbocycles. The van der Waals surface area contributed by atoms with E-state index in [9.17, 15) is 13.6 Å². The molecule has 0 saturated heterocycles. The summed E-state index contributed by atoms with van der Waals surface area (Å²) in [6.07, 6.45) is 0. The number of halogens is 3. The maximum absolute atomic E-state index is 10.4. The van der Waals surface area contributed by atoms with E-state index < -0.39 is 7.32 Å². The summed E-state index contributed by atoms with van der Waals surface area (Å²) in [4.78, 5) is 7.06. The van der Waals surface area contributed by atoms with Gasteiger partial charge >= 0.3 is 36.9 Å². The maximum atomic E-state index is 10.4. The third-order valence-electron chi connectivity index (χ3n) is 0.218. The molecule has 8 heavy (non-hydrogen) atoms. The van der Waals surface area contributed by atoms with Crippen molar-refractivity contribution >= 4 is 36.9 Å². The van der Waals surface area contributed by atoms with Gasteiger partial charge in [0, 0.05) is 0 Å². The Labute approximate surface area is 65.3 Å². The first-order chi connectivity index (χ1) is 3.35. The third kappa shape index (κ3) is 4.88. The van der Waals surface area contributed by atoms with E-state index in [4.69, 9.17) is 0 Å². The van der Waals surface area contributed by atoms with Gasteiger partial charge in [-0.1, -0.05) is 13.6 Å². The van der Waals surface area contributed by atoms with E-state index >= 15 is 0 Å². The Morgan fingerprint density at radius 1 is 0.875 bits per heavy atom. The molecule has 0 fully saturated rings. The van der Waals surface area contributed by atoms with Crippen molar-refractivity contribution in [1.82, 2.24) is 0 Å². The predicted molar refractivity (Wildman–Crippen MR) is 19.5 cm³/mol. The second kappa shape index (κ2) is 7.73. The average Bonchev–Trinajstić information content (AvgIpc) is 1.72. The fraction of sp³-hybridized carbons (Fsp3) is 0. The van der Waals surface area contributed by atoms with E-state index in [2.05, 4.69) is 14.6 Å². The van der Waals surface area contributed by atoms with Crippen molar-refractivity contribution in [3.8, 4) is 0 Å². The molecule has 0 rings (SSSR count). The zero-order valence-electron chi connectivity index (χ0n) is 2.94. The molecule has 0 aliphatic heterocycles. The summed E-state index contributed by atoms with van der Waals surface area (Å²) in [5.41, 5.74) is 0. The summed E-state index contributed by atoms with van der Waals surface area (Å²) >= 11 is 0. The molecule has 44 valence electrons. The van der Waals surface area contributed by atoms with Gasteiger partial charge in [-0.05, 0) is 0 Å². The minimum absolute atomic E-state index is 0. The fourth-order valence-electron chi connectivity index (χ4n) is 0.0412. The van der Waals surface area contributed by atoms with Gasteiger partial charge in [-0.2, -0.15) is 14.6 Å². The first-order valence-electron chi connectivity index (χ1n) is 1.17. The normalized spacial score (nSPS) is 7.88. The molecule has 3 nitrogen and oxygen atoms in total. The quantitative estimate of drug-likeness (QED) is 0.517. The van der Waals surface area contributed by atoms with Crippen LogP contribution in [-0.4, -0.2) is 36.9 Å². The van der Waals surface area contributed by atoms with Crippen molar-refractivity contribution in [2.75, 3.05) is 0 Å². The van der Waals surface area contributed by atoms with Crippen LogP contribution in [0, 0.1) is 0 Å². The van der Waals surface area contributed by atoms with Crippen molar-refractivity contribution < 1.29 is 28.2 Å². The Morgan fingerprint density at radius 2 is 1.12 bits per heavy atom. The molecule has 0 N–H and O–H groups in total. The van der Waals surface area contributed by atoms with Crippen LogP contribution in [0.5, 0.6) is 0 Å². The van der Waals surface area contributed by atoms with Gasteiger partial charge in [-0.25, -0.2) is 0 Å². The standard InChI is InChI=1S/BF3O3.Na.H/c2-5-1(6-3)7-4;;. The zero-order valence-corrected chi connectivity index (χ0v) is 2.94. The second-order valence-electron chi connectivity index (χ2n) is 0.556. The molecule has 8 heteroatoms. The van der Waals surface area contributed by atoms with Crippen LogP contribution in [0.4, 0.5) is 13.6 Å². The van der Waals surface area contributed by atoms with E-state index in [0.29, 0.717) is 0 Å². The Morgan fingerprint density at radius 3 is 1.12 bits per heavy atom. The van der Waals surface area contributed by atoms with Crippen LogP contribution in [-0.2, 0) is 14.6 Å². The van der Waals surface area contributed by atoms with E-state index in [1.54, 1.807) is 0 Å². The van der Waals surface area contributed by atoms with Crippen LogP contribution in [0.25, 0.3) is 0 Å². The van der Waals surface area contributed by atoms with E-state index in [1.807, 2.05) is 0 Å². The Kier molecular flexibility index (Phi) is 11.1. The van der Waals surface area contributed by atoms with Crippen LogP contribution in [0.2, 0.25) is 0 Å². The van der Waals surface area contributed by atoms with Gasteiger partial charge in [-0.15, -0.1) is 0 Å². The number of hydrogen-bond donors (Lipinski definition) is 0. The van der Waals surface area contributed by atoms with Crippen molar-refractivity contribution in [2.45, 2.75) is 0 Å². The zero-order chi connectivity index (χ0) is 5.70. The molecule has 0 unspecified atom stereocenters. The summed E-state index contributed by atoms with van der Waals surface area (Å²) in [5, 5.41) is 0. The van der Waals surface area contributed by atoms with Gasteiger partial charge < -0.3 is 0 Å². The Hall–Kier alpha value is 0.735. The first-order valence-corrected chi connectivity index (χ1v) is 1.17. The van der Waals surface area contributed by atoms with Crippen LogP contribution >= 0.6 is 0 Å². The van der Waals surface area contributed by atoms with Gasteiger partial charge in [0.05, 0.1) is 0 Å². The molecular formula is HBF3NaO3. The molecule has 0 aliphatic carbocycles. The topological polar surface area (TPSA) is 27.7 Å². The van der Waals surface area contributed by atoms with Crippen LogP contribution in [0.1, 0.15) is 0 Å². The third-order valence-corrected chi connectivity index (χ3v) is 0.218. The molecule has 0 aliphatic rings. The monoisotopic (exact) mass is 140 g/mol.